The predicted octanol–water partition coefficient (Wildman–Crippen LogP) is -0.352. The zero-order valence-corrected chi connectivity index (χ0v) is 21.9. The number of hydrogen-bond acceptors (Lipinski definition) is 0. The van der Waals surface area contributed by atoms with E-state index in [1.807, 2.05) is 0 Å². The second-order valence-corrected chi connectivity index (χ2v) is 11.7. The fourth-order valence-corrected chi connectivity index (χ4v) is 8.59. The molecular formula is C27H26Cl2NiP2. The Morgan fingerprint density at radius 3 is 0.812 bits per heavy atom. The van der Waals surface area contributed by atoms with E-state index in [1.54, 1.807) is 0 Å². The Labute approximate surface area is 217 Å². The molecule has 4 rings (SSSR count). The van der Waals surface area contributed by atoms with Crippen molar-refractivity contribution >= 4 is 37.1 Å². The van der Waals surface area contributed by atoms with Crippen LogP contribution in [0.2, 0.25) is 0 Å². The first-order valence-corrected chi connectivity index (χ1v) is 13.2. The molecule has 0 unspecified atom stereocenters. The van der Waals surface area contributed by atoms with E-state index in [2.05, 4.69) is 121 Å². The van der Waals surface area contributed by atoms with Crippen LogP contribution < -0.4 is 46.0 Å². The van der Waals surface area contributed by atoms with Crippen LogP contribution in [0.25, 0.3) is 0 Å². The van der Waals surface area contributed by atoms with Crippen LogP contribution in [0.5, 0.6) is 0 Å². The molecule has 32 heavy (non-hydrogen) atoms. The average molecular weight is 542 g/mol. The van der Waals surface area contributed by atoms with Gasteiger partial charge in [0.15, 0.2) is 0 Å². The summed E-state index contributed by atoms with van der Waals surface area (Å²) in [5.74, 6) is 0. The largest absolute Gasteiger partial charge is 2.00 e. The Balaban J connectivity index is 0.00000171. The number of halogens is 2. The molecule has 0 atom stereocenters. The van der Waals surface area contributed by atoms with Crippen LogP contribution in [0.3, 0.4) is 0 Å². The maximum Gasteiger partial charge on any atom is 2.00 e. The minimum Gasteiger partial charge on any atom is -1.00 e. The van der Waals surface area contributed by atoms with Crippen LogP contribution in [0.1, 0.15) is 6.42 Å². The fraction of sp³-hybridized carbons (Fsp3) is 0.111. The van der Waals surface area contributed by atoms with Gasteiger partial charge in [-0.2, -0.15) is 0 Å². The van der Waals surface area contributed by atoms with Crippen molar-refractivity contribution in [3.8, 4) is 0 Å². The topological polar surface area (TPSA) is 0 Å². The summed E-state index contributed by atoms with van der Waals surface area (Å²) in [6, 6.07) is 44.3. The van der Waals surface area contributed by atoms with Gasteiger partial charge in [0.2, 0.25) is 0 Å². The molecule has 4 aromatic carbocycles. The van der Waals surface area contributed by atoms with E-state index in [-0.39, 0.29) is 57.1 Å². The summed E-state index contributed by atoms with van der Waals surface area (Å²) in [7, 11) is -0.618. The molecule has 0 N–H and O–H groups in total. The molecule has 0 saturated heterocycles. The van der Waals surface area contributed by atoms with Crippen molar-refractivity contribution in [3.05, 3.63) is 121 Å². The van der Waals surface area contributed by atoms with E-state index in [0.717, 1.165) is 0 Å². The van der Waals surface area contributed by atoms with Gasteiger partial charge in [-0.15, -0.1) is 0 Å². The summed E-state index contributed by atoms with van der Waals surface area (Å²) in [4.78, 5) is 0. The Hall–Kier alpha value is -1.19. The van der Waals surface area contributed by atoms with Gasteiger partial charge >= 0.3 is 16.5 Å². The van der Waals surface area contributed by atoms with Gasteiger partial charge in [-0.05, 0) is 55.8 Å². The monoisotopic (exact) mass is 540 g/mol. The van der Waals surface area contributed by atoms with Crippen molar-refractivity contribution in [2.24, 2.45) is 0 Å². The van der Waals surface area contributed by atoms with Crippen LogP contribution >= 0.6 is 15.8 Å². The third-order valence-electron chi connectivity index (χ3n) is 5.03. The first kappa shape index (κ1) is 28.8. The quantitative estimate of drug-likeness (QED) is 0.211. The Bertz CT molecular complexity index is 825. The predicted molar refractivity (Wildman–Crippen MR) is 132 cm³/mol. The molecule has 4 aromatic rings. The smallest absolute Gasteiger partial charge is 1.00 e. The van der Waals surface area contributed by atoms with E-state index in [0.29, 0.717) is 0 Å². The molecule has 0 heterocycles. The van der Waals surface area contributed by atoms with Crippen molar-refractivity contribution in [2.75, 3.05) is 12.3 Å². The van der Waals surface area contributed by atoms with Gasteiger partial charge in [-0.25, -0.2) is 0 Å². The second kappa shape index (κ2) is 15.6. The molecule has 0 aliphatic carbocycles. The average Bonchev–Trinajstić information content (AvgIpc) is 2.81. The third kappa shape index (κ3) is 7.99. The van der Waals surface area contributed by atoms with Gasteiger partial charge in [-0.1, -0.05) is 121 Å². The summed E-state index contributed by atoms with van der Waals surface area (Å²) in [5.41, 5.74) is 0. The van der Waals surface area contributed by atoms with Crippen molar-refractivity contribution in [3.63, 3.8) is 0 Å². The zero-order valence-electron chi connectivity index (χ0n) is 17.6. The van der Waals surface area contributed by atoms with E-state index in [1.165, 1.54) is 40.0 Å². The molecule has 168 valence electrons. The molecule has 0 bridgehead atoms. The normalized spacial score (nSPS) is 10.1. The Kier molecular flexibility index (Phi) is 14.1. The molecule has 0 nitrogen and oxygen atoms in total. The first-order valence-electron chi connectivity index (χ1n) is 10.2. The van der Waals surface area contributed by atoms with Gasteiger partial charge in [0.25, 0.3) is 0 Å². The molecule has 5 heteroatoms. The summed E-state index contributed by atoms with van der Waals surface area (Å²) in [6.07, 6.45) is 3.72. The van der Waals surface area contributed by atoms with E-state index in [9.17, 15) is 0 Å². The molecule has 0 radical (unpaired) electrons. The summed E-state index contributed by atoms with van der Waals surface area (Å²) >= 11 is 0. The van der Waals surface area contributed by atoms with Crippen molar-refractivity contribution in [1.82, 2.24) is 0 Å². The molecule has 0 fully saturated rings. The standard InChI is InChI=1S/C27H26P2.2ClH.Ni/c1-5-14-24(15-6-1)28(25-16-7-2-8-17-25)22-13-23-29(26-18-9-3-10-19-26)27-20-11-4-12-21-27;;;/h1-12,14-21H,13,22-23H2;2*1H;/q;;;+2/p-2. The molecule has 0 saturated carbocycles. The van der Waals surface area contributed by atoms with Crippen molar-refractivity contribution in [1.29, 1.82) is 0 Å². The van der Waals surface area contributed by atoms with Gasteiger partial charge in [0.1, 0.15) is 0 Å². The number of hydrogen-bond donors (Lipinski definition) is 0. The molecular weight excluding hydrogens is 516 g/mol. The minimum absolute atomic E-state index is 0. The van der Waals surface area contributed by atoms with Crippen molar-refractivity contribution < 1.29 is 41.3 Å². The zero-order chi connectivity index (χ0) is 19.7. The third-order valence-corrected chi connectivity index (χ3v) is 10.2. The maximum atomic E-state index is 2.30. The van der Waals surface area contributed by atoms with Crippen LogP contribution in [0, 0.1) is 0 Å². The minimum atomic E-state index is -0.309. The molecule has 0 aromatic heterocycles. The van der Waals surface area contributed by atoms with Gasteiger partial charge < -0.3 is 24.8 Å². The van der Waals surface area contributed by atoms with Gasteiger partial charge in [0, 0.05) is 0 Å². The summed E-state index contributed by atoms with van der Waals surface area (Å²) in [5, 5.41) is 5.94. The van der Waals surface area contributed by atoms with E-state index in [4.69, 9.17) is 0 Å². The number of benzene rings is 4. The second-order valence-electron chi connectivity index (χ2n) is 7.00. The van der Waals surface area contributed by atoms with Crippen LogP contribution in [-0.2, 0) is 16.5 Å². The van der Waals surface area contributed by atoms with Crippen molar-refractivity contribution in [2.45, 2.75) is 6.42 Å². The maximum absolute atomic E-state index is 2.30. The SMILES string of the molecule is [Cl-].[Cl-].[Ni+2].c1ccc(P(CCCP(c2ccccc2)c2ccccc2)c2ccccc2)cc1. The van der Waals surface area contributed by atoms with Gasteiger partial charge in [-0.3, -0.25) is 0 Å². The molecule has 0 spiro atoms. The molecule has 0 amide bonds. The fourth-order valence-electron chi connectivity index (χ4n) is 3.63. The number of rotatable bonds is 8. The summed E-state index contributed by atoms with van der Waals surface area (Å²) in [6.45, 7) is 0. The Morgan fingerprint density at radius 2 is 0.594 bits per heavy atom. The van der Waals surface area contributed by atoms with Gasteiger partial charge in [0.05, 0.1) is 0 Å². The molecule has 0 aliphatic rings. The first-order chi connectivity index (χ1) is 14.4. The van der Waals surface area contributed by atoms with E-state index >= 15 is 0 Å². The summed E-state index contributed by atoms with van der Waals surface area (Å²) < 4.78 is 0. The van der Waals surface area contributed by atoms with E-state index < -0.39 is 0 Å². The van der Waals surface area contributed by atoms with Crippen LogP contribution in [0.4, 0.5) is 0 Å². The van der Waals surface area contributed by atoms with Crippen LogP contribution in [-0.4, -0.2) is 12.3 Å². The molecule has 0 aliphatic heterocycles. The van der Waals surface area contributed by atoms with Crippen LogP contribution in [0.15, 0.2) is 121 Å². The Morgan fingerprint density at radius 1 is 0.375 bits per heavy atom.